The van der Waals surface area contributed by atoms with Gasteiger partial charge in [-0.15, -0.1) is 0 Å². The number of anilines is 1. The Morgan fingerprint density at radius 1 is 1.00 bits per heavy atom. The number of halogens is 1. The van der Waals surface area contributed by atoms with Crippen molar-refractivity contribution in [3.8, 4) is 0 Å². The van der Waals surface area contributed by atoms with Gasteiger partial charge in [0.2, 0.25) is 5.91 Å². The second-order valence-electron chi connectivity index (χ2n) is 7.10. The molecule has 0 saturated heterocycles. The van der Waals surface area contributed by atoms with Crippen LogP contribution in [0, 0.1) is 0 Å². The summed E-state index contributed by atoms with van der Waals surface area (Å²) in [6.45, 7) is -0.244. The van der Waals surface area contributed by atoms with Crippen molar-refractivity contribution < 1.29 is 13.2 Å². The van der Waals surface area contributed by atoms with Gasteiger partial charge in [0.1, 0.15) is 6.54 Å². The van der Waals surface area contributed by atoms with Crippen molar-refractivity contribution in [3.63, 3.8) is 0 Å². The summed E-state index contributed by atoms with van der Waals surface area (Å²) in [4.78, 5) is 14.8. The van der Waals surface area contributed by atoms with Crippen molar-refractivity contribution in [2.24, 2.45) is 0 Å². The quantitative estimate of drug-likeness (QED) is 0.699. The predicted molar refractivity (Wildman–Crippen MR) is 112 cm³/mol. The smallest absolute Gasteiger partial charge is 0.264 e. The molecule has 150 valence electrons. The Bertz CT molecular complexity index is 895. The van der Waals surface area contributed by atoms with Gasteiger partial charge in [-0.3, -0.25) is 9.10 Å². The zero-order chi connectivity index (χ0) is 20.1. The van der Waals surface area contributed by atoms with Crippen LogP contribution in [0.2, 0.25) is 5.02 Å². The van der Waals surface area contributed by atoms with Gasteiger partial charge in [-0.25, -0.2) is 8.42 Å². The molecule has 28 heavy (non-hydrogen) atoms. The van der Waals surface area contributed by atoms with Crippen LogP contribution in [0.5, 0.6) is 0 Å². The summed E-state index contributed by atoms with van der Waals surface area (Å²) < 4.78 is 27.7. The highest BCUT2D eigenvalue weighted by molar-refractivity contribution is 7.92. The molecule has 0 aliphatic heterocycles. The summed E-state index contributed by atoms with van der Waals surface area (Å²) in [6.07, 6.45) is 5.33. The molecule has 2 aromatic rings. The highest BCUT2D eigenvalue weighted by Crippen LogP contribution is 2.26. The molecule has 0 radical (unpaired) electrons. The van der Waals surface area contributed by atoms with Gasteiger partial charge in [0.25, 0.3) is 10.0 Å². The van der Waals surface area contributed by atoms with E-state index in [1.54, 1.807) is 54.4 Å². The van der Waals surface area contributed by atoms with Gasteiger partial charge >= 0.3 is 0 Å². The summed E-state index contributed by atoms with van der Waals surface area (Å²) in [7, 11) is -2.11. The molecule has 1 aliphatic carbocycles. The molecule has 0 aromatic heterocycles. The predicted octanol–water partition coefficient (Wildman–Crippen LogP) is 4.33. The van der Waals surface area contributed by atoms with E-state index in [4.69, 9.17) is 11.6 Å². The molecule has 0 unspecified atom stereocenters. The average molecular weight is 421 g/mol. The number of amides is 1. The highest BCUT2D eigenvalue weighted by atomic mass is 35.5. The van der Waals surface area contributed by atoms with E-state index in [9.17, 15) is 13.2 Å². The van der Waals surface area contributed by atoms with E-state index in [0.29, 0.717) is 10.7 Å². The third kappa shape index (κ3) is 4.67. The van der Waals surface area contributed by atoms with Crippen molar-refractivity contribution >= 4 is 33.2 Å². The lowest BCUT2D eigenvalue weighted by Gasteiger charge is -2.33. The lowest BCUT2D eigenvalue weighted by molar-refractivity contribution is -0.130. The lowest BCUT2D eigenvalue weighted by atomic mass is 9.94. The van der Waals surface area contributed by atoms with Gasteiger partial charge < -0.3 is 4.90 Å². The molecule has 0 atom stereocenters. The zero-order valence-corrected chi connectivity index (χ0v) is 17.5. The number of rotatable bonds is 6. The van der Waals surface area contributed by atoms with Crippen LogP contribution in [0.1, 0.15) is 32.1 Å². The summed E-state index contributed by atoms with van der Waals surface area (Å²) in [5.41, 5.74) is 0.415. The summed E-state index contributed by atoms with van der Waals surface area (Å²) in [5.74, 6) is -0.207. The van der Waals surface area contributed by atoms with E-state index < -0.39 is 10.0 Å². The number of likely N-dealkylation sites (N-methyl/N-ethyl adjacent to an activating group) is 1. The summed E-state index contributed by atoms with van der Waals surface area (Å²) in [6, 6.07) is 14.8. The van der Waals surface area contributed by atoms with Crippen LogP contribution in [-0.2, 0) is 14.8 Å². The molecule has 3 rings (SSSR count). The fourth-order valence-electron chi connectivity index (χ4n) is 3.55. The maximum Gasteiger partial charge on any atom is 0.264 e. The van der Waals surface area contributed by atoms with Crippen molar-refractivity contribution in [1.29, 1.82) is 0 Å². The van der Waals surface area contributed by atoms with Gasteiger partial charge in [-0.05, 0) is 49.2 Å². The Balaban J connectivity index is 1.90. The molecular formula is C21H25ClN2O3S. The average Bonchev–Trinajstić information content (AvgIpc) is 2.73. The molecule has 0 heterocycles. The van der Waals surface area contributed by atoms with Crippen molar-refractivity contribution in [2.45, 2.75) is 43.0 Å². The second kappa shape index (κ2) is 8.97. The Morgan fingerprint density at radius 3 is 2.21 bits per heavy atom. The fraction of sp³-hybridized carbons (Fsp3) is 0.381. The molecule has 0 spiro atoms. The van der Waals surface area contributed by atoms with E-state index >= 15 is 0 Å². The minimum atomic E-state index is -3.88. The van der Waals surface area contributed by atoms with Gasteiger partial charge in [-0.2, -0.15) is 0 Å². The van der Waals surface area contributed by atoms with Gasteiger partial charge in [-0.1, -0.05) is 49.1 Å². The zero-order valence-electron chi connectivity index (χ0n) is 15.9. The minimum absolute atomic E-state index is 0.151. The van der Waals surface area contributed by atoms with Crippen LogP contribution in [0.25, 0.3) is 0 Å². The third-order valence-electron chi connectivity index (χ3n) is 5.24. The number of carbonyl (C=O) groups excluding carboxylic acids is 1. The first kappa shape index (κ1) is 20.7. The number of nitrogens with zero attached hydrogens (tertiary/aromatic N) is 2. The first-order chi connectivity index (χ1) is 13.4. The fourth-order valence-corrected chi connectivity index (χ4v) is 5.11. The van der Waals surface area contributed by atoms with E-state index in [0.717, 1.165) is 25.7 Å². The molecule has 1 amide bonds. The number of sulfonamides is 1. The molecule has 1 aliphatic rings. The molecule has 0 N–H and O–H groups in total. The molecule has 7 heteroatoms. The first-order valence-electron chi connectivity index (χ1n) is 9.48. The van der Waals surface area contributed by atoms with E-state index in [-0.39, 0.29) is 23.4 Å². The molecule has 1 saturated carbocycles. The standard InChI is InChI=1S/C21H25ClN2O3S/c1-23(18-8-4-2-5-9-18)21(25)16-24(19-14-12-17(22)13-15-19)28(26,27)20-10-6-3-7-11-20/h3,6-7,10-15,18H,2,4-5,8-9,16H2,1H3. The SMILES string of the molecule is CN(C(=O)CN(c1ccc(Cl)cc1)S(=O)(=O)c1ccccc1)C1CCCCC1. The Kier molecular flexibility index (Phi) is 6.62. The number of carbonyl (C=O) groups is 1. The van der Waals surface area contributed by atoms with Crippen LogP contribution in [0.15, 0.2) is 59.5 Å². The summed E-state index contributed by atoms with van der Waals surface area (Å²) >= 11 is 5.96. The topological polar surface area (TPSA) is 57.7 Å². The lowest BCUT2D eigenvalue weighted by Crippen LogP contribution is -2.45. The molecule has 0 bridgehead atoms. The van der Waals surface area contributed by atoms with Crippen molar-refractivity contribution in [1.82, 2.24) is 4.90 Å². The Hall–Kier alpha value is -2.05. The third-order valence-corrected chi connectivity index (χ3v) is 7.28. The van der Waals surface area contributed by atoms with E-state index in [1.165, 1.54) is 22.9 Å². The van der Waals surface area contributed by atoms with Crippen LogP contribution in [0.3, 0.4) is 0 Å². The monoisotopic (exact) mass is 420 g/mol. The maximum absolute atomic E-state index is 13.3. The van der Waals surface area contributed by atoms with Gasteiger partial charge in [0, 0.05) is 18.1 Å². The molecule has 5 nitrogen and oxygen atoms in total. The van der Waals surface area contributed by atoms with Gasteiger partial charge in [0.05, 0.1) is 10.6 Å². The van der Waals surface area contributed by atoms with E-state index in [2.05, 4.69) is 0 Å². The summed E-state index contributed by atoms with van der Waals surface area (Å²) in [5, 5.41) is 0.506. The first-order valence-corrected chi connectivity index (χ1v) is 11.3. The van der Waals surface area contributed by atoms with Crippen molar-refractivity contribution in [2.75, 3.05) is 17.9 Å². The minimum Gasteiger partial charge on any atom is -0.341 e. The molecule has 2 aromatic carbocycles. The Morgan fingerprint density at radius 2 is 1.61 bits per heavy atom. The van der Waals surface area contributed by atoms with Crippen LogP contribution in [0.4, 0.5) is 5.69 Å². The van der Waals surface area contributed by atoms with Crippen LogP contribution < -0.4 is 4.31 Å². The van der Waals surface area contributed by atoms with Crippen LogP contribution in [-0.4, -0.2) is 38.9 Å². The Labute approximate surface area is 172 Å². The molecule has 1 fully saturated rings. The number of hydrogen-bond acceptors (Lipinski definition) is 3. The number of benzene rings is 2. The van der Waals surface area contributed by atoms with Gasteiger partial charge in [0.15, 0.2) is 0 Å². The number of hydrogen-bond donors (Lipinski definition) is 0. The maximum atomic E-state index is 13.3. The van der Waals surface area contributed by atoms with E-state index in [1.807, 2.05) is 0 Å². The second-order valence-corrected chi connectivity index (χ2v) is 9.40. The molecular weight excluding hydrogens is 396 g/mol. The largest absolute Gasteiger partial charge is 0.341 e. The van der Waals surface area contributed by atoms with Crippen molar-refractivity contribution in [3.05, 3.63) is 59.6 Å². The normalized spacial score (nSPS) is 15.2. The highest BCUT2D eigenvalue weighted by Gasteiger charge is 2.30. The van der Waals surface area contributed by atoms with Crippen LogP contribution >= 0.6 is 11.6 Å².